The van der Waals surface area contributed by atoms with Crippen LogP contribution in [-0.4, -0.2) is 21.0 Å². The molecule has 0 bridgehead atoms. The van der Waals surface area contributed by atoms with Gasteiger partial charge in [0.1, 0.15) is 5.15 Å². The molecule has 0 fully saturated rings. The van der Waals surface area contributed by atoms with Gasteiger partial charge in [0.05, 0.1) is 0 Å². The van der Waals surface area contributed by atoms with E-state index >= 15 is 0 Å². The van der Waals surface area contributed by atoms with E-state index in [1.807, 2.05) is 24.3 Å². The molecule has 7 heteroatoms. The predicted molar refractivity (Wildman–Crippen MR) is 86.2 cm³/mol. The van der Waals surface area contributed by atoms with Crippen LogP contribution in [0.1, 0.15) is 5.69 Å². The molecule has 0 atom stereocenters. The standard InChI is InChI=1S/C15H12ClN5O/c1-9-6-13(16)20-14(18-9)21-15(22)19-12-3-2-10-4-5-17-8-11(10)7-12/h2-8H,1H3,(H2,18,19,20,21,22). The van der Waals surface area contributed by atoms with Gasteiger partial charge in [-0.15, -0.1) is 0 Å². The van der Waals surface area contributed by atoms with Gasteiger partial charge in [-0.2, -0.15) is 0 Å². The van der Waals surface area contributed by atoms with Crippen LogP contribution in [-0.2, 0) is 0 Å². The third kappa shape index (κ3) is 3.29. The molecule has 0 saturated heterocycles. The maximum atomic E-state index is 12.0. The van der Waals surface area contributed by atoms with Gasteiger partial charge in [0.25, 0.3) is 0 Å². The number of hydrogen-bond acceptors (Lipinski definition) is 4. The number of carbonyl (C=O) groups excluding carboxylic acids is 1. The van der Waals surface area contributed by atoms with E-state index in [0.717, 1.165) is 10.8 Å². The van der Waals surface area contributed by atoms with Gasteiger partial charge >= 0.3 is 6.03 Å². The number of amides is 2. The van der Waals surface area contributed by atoms with Crippen molar-refractivity contribution < 1.29 is 4.79 Å². The van der Waals surface area contributed by atoms with E-state index in [2.05, 4.69) is 25.6 Å². The Morgan fingerprint density at radius 1 is 1.09 bits per heavy atom. The van der Waals surface area contributed by atoms with Gasteiger partial charge in [0, 0.05) is 29.2 Å². The summed E-state index contributed by atoms with van der Waals surface area (Å²) in [6.45, 7) is 1.77. The van der Waals surface area contributed by atoms with Crippen molar-refractivity contribution in [2.75, 3.05) is 10.6 Å². The summed E-state index contributed by atoms with van der Waals surface area (Å²) >= 11 is 5.83. The Morgan fingerprint density at radius 2 is 1.95 bits per heavy atom. The molecule has 22 heavy (non-hydrogen) atoms. The smallest absolute Gasteiger partial charge is 0.308 e. The number of rotatable bonds is 2. The summed E-state index contributed by atoms with van der Waals surface area (Å²) in [6.07, 6.45) is 3.46. The molecule has 0 aliphatic rings. The van der Waals surface area contributed by atoms with Crippen molar-refractivity contribution >= 4 is 40.0 Å². The minimum atomic E-state index is -0.440. The average Bonchev–Trinajstić information content (AvgIpc) is 2.45. The number of urea groups is 1. The van der Waals surface area contributed by atoms with E-state index in [1.165, 1.54) is 0 Å². The quantitative estimate of drug-likeness (QED) is 0.708. The van der Waals surface area contributed by atoms with Crippen LogP contribution in [0.15, 0.2) is 42.7 Å². The highest BCUT2D eigenvalue weighted by molar-refractivity contribution is 6.29. The molecule has 0 aliphatic carbocycles. The molecule has 0 radical (unpaired) electrons. The molecule has 1 aromatic carbocycles. The molecule has 6 nitrogen and oxygen atoms in total. The second-order valence-electron chi connectivity index (χ2n) is 4.67. The van der Waals surface area contributed by atoms with Gasteiger partial charge in [-0.3, -0.25) is 10.3 Å². The van der Waals surface area contributed by atoms with Crippen LogP contribution in [0.2, 0.25) is 5.15 Å². The van der Waals surface area contributed by atoms with E-state index in [9.17, 15) is 4.79 Å². The van der Waals surface area contributed by atoms with Crippen molar-refractivity contribution in [3.8, 4) is 0 Å². The summed E-state index contributed by atoms with van der Waals surface area (Å²) in [7, 11) is 0. The van der Waals surface area contributed by atoms with Gasteiger partial charge in [-0.1, -0.05) is 17.7 Å². The lowest BCUT2D eigenvalue weighted by molar-refractivity contribution is 0.262. The minimum Gasteiger partial charge on any atom is -0.308 e. The maximum Gasteiger partial charge on any atom is 0.326 e. The van der Waals surface area contributed by atoms with E-state index in [4.69, 9.17) is 11.6 Å². The van der Waals surface area contributed by atoms with Crippen LogP contribution in [0.4, 0.5) is 16.4 Å². The second-order valence-corrected chi connectivity index (χ2v) is 5.06. The Bertz CT molecular complexity index is 832. The zero-order valence-electron chi connectivity index (χ0n) is 11.7. The molecule has 3 rings (SSSR count). The van der Waals surface area contributed by atoms with Crippen LogP contribution >= 0.6 is 11.6 Å². The molecule has 2 heterocycles. The van der Waals surface area contributed by atoms with Gasteiger partial charge in [-0.05, 0) is 36.6 Å². The maximum absolute atomic E-state index is 12.0. The van der Waals surface area contributed by atoms with Crippen molar-refractivity contribution in [1.29, 1.82) is 0 Å². The molecule has 2 N–H and O–H groups in total. The fraction of sp³-hybridized carbons (Fsp3) is 0.0667. The first-order valence-electron chi connectivity index (χ1n) is 6.53. The number of pyridine rings is 1. The second kappa shape index (κ2) is 5.95. The lowest BCUT2D eigenvalue weighted by Gasteiger charge is -2.08. The fourth-order valence-corrected chi connectivity index (χ4v) is 2.25. The van der Waals surface area contributed by atoms with Gasteiger partial charge in [-0.25, -0.2) is 14.8 Å². The molecule has 0 unspecified atom stereocenters. The molecular weight excluding hydrogens is 302 g/mol. The van der Waals surface area contributed by atoms with Crippen LogP contribution in [0.3, 0.4) is 0 Å². The zero-order valence-corrected chi connectivity index (χ0v) is 12.4. The lowest BCUT2D eigenvalue weighted by atomic mass is 10.1. The lowest BCUT2D eigenvalue weighted by Crippen LogP contribution is -2.21. The highest BCUT2D eigenvalue weighted by Crippen LogP contribution is 2.18. The summed E-state index contributed by atoms with van der Waals surface area (Å²) in [6, 6.07) is 8.64. The first-order chi connectivity index (χ1) is 10.6. The summed E-state index contributed by atoms with van der Waals surface area (Å²) < 4.78 is 0. The Labute approximate surface area is 131 Å². The third-order valence-electron chi connectivity index (χ3n) is 2.95. The molecule has 2 aromatic heterocycles. The predicted octanol–water partition coefficient (Wildman–Crippen LogP) is 3.63. The minimum absolute atomic E-state index is 0.157. The number of anilines is 2. The molecule has 0 spiro atoms. The first kappa shape index (κ1) is 14.2. The monoisotopic (exact) mass is 313 g/mol. The fourth-order valence-electron chi connectivity index (χ4n) is 2.01. The van der Waals surface area contributed by atoms with Crippen molar-refractivity contribution in [3.63, 3.8) is 0 Å². The molecule has 0 aliphatic heterocycles. The molecule has 3 aromatic rings. The Kier molecular flexibility index (Phi) is 3.84. The van der Waals surface area contributed by atoms with E-state index in [0.29, 0.717) is 11.4 Å². The van der Waals surface area contributed by atoms with Crippen molar-refractivity contribution in [2.24, 2.45) is 0 Å². The number of carbonyl (C=O) groups is 1. The Hall–Kier alpha value is -2.73. The van der Waals surface area contributed by atoms with E-state index < -0.39 is 6.03 Å². The van der Waals surface area contributed by atoms with Gasteiger partial charge in [0.2, 0.25) is 5.95 Å². The van der Waals surface area contributed by atoms with Crippen molar-refractivity contribution in [3.05, 3.63) is 53.6 Å². The highest BCUT2D eigenvalue weighted by Gasteiger charge is 2.07. The van der Waals surface area contributed by atoms with Crippen LogP contribution in [0.25, 0.3) is 10.8 Å². The number of benzene rings is 1. The number of nitrogens with zero attached hydrogens (tertiary/aromatic N) is 3. The summed E-state index contributed by atoms with van der Waals surface area (Å²) in [4.78, 5) is 24.1. The van der Waals surface area contributed by atoms with E-state index in [1.54, 1.807) is 25.4 Å². The van der Waals surface area contributed by atoms with Crippen LogP contribution in [0, 0.1) is 6.92 Å². The van der Waals surface area contributed by atoms with Crippen molar-refractivity contribution in [2.45, 2.75) is 6.92 Å². The number of aryl methyl sites for hydroxylation is 1. The Balaban J connectivity index is 1.75. The normalized spacial score (nSPS) is 10.5. The number of fused-ring (bicyclic) bond motifs is 1. The largest absolute Gasteiger partial charge is 0.326 e. The SMILES string of the molecule is Cc1cc(Cl)nc(NC(=O)Nc2ccc3ccncc3c2)n1. The number of nitrogens with one attached hydrogen (secondary N) is 2. The summed E-state index contributed by atoms with van der Waals surface area (Å²) in [5.41, 5.74) is 1.32. The van der Waals surface area contributed by atoms with Gasteiger partial charge < -0.3 is 5.32 Å². The zero-order chi connectivity index (χ0) is 15.5. The molecule has 110 valence electrons. The van der Waals surface area contributed by atoms with E-state index in [-0.39, 0.29) is 11.1 Å². The highest BCUT2D eigenvalue weighted by atomic mass is 35.5. The number of aromatic nitrogens is 3. The van der Waals surface area contributed by atoms with Crippen LogP contribution in [0.5, 0.6) is 0 Å². The molecular formula is C15H12ClN5O. The average molecular weight is 314 g/mol. The van der Waals surface area contributed by atoms with Gasteiger partial charge in [0.15, 0.2) is 0 Å². The van der Waals surface area contributed by atoms with Crippen LogP contribution < -0.4 is 10.6 Å². The molecule has 2 amide bonds. The summed E-state index contributed by atoms with van der Waals surface area (Å²) in [5.74, 6) is 0.157. The number of halogens is 1. The Morgan fingerprint density at radius 3 is 2.77 bits per heavy atom. The topological polar surface area (TPSA) is 79.8 Å². The first-order valence-corrected chi connectivity index (χ1v) is 6.91. The molecule has 0 saturated carbocycles. The number of hydrogen-bond donors (Lipinski definition) is 2. The van der Waals surface area contributed by atoms with Crippen molar-refractivity contribution in [1.82, 2.24) is 15.0 Å². The third-order valence-corrected chi connectivity index (χ3v) is 3.14. The summed E-state index contributed by atoms with van der Waals surface area (Å²) in [5, 5.41) is 7.54.